The van der Waals surface area contributed by atoms with E-state index in [0.717, 1.165) is 36.4 Å². The Kier molecular flexibility index (Phi) is 7.12. The summed E-state index contributed by atoms with van der Waals surface area (Å²) in [5, 5.41) is 0. The molecule has 32 heavy (non-hydrogen) atoms. The summed E-state index contributed by atoms with van der Waals surface area (Å²) in [5.41, 5.74) is 2.20. The van der Waals surface area contributed by atoms with Crippen LogP contribution in [0, 0.1) is 0 Å². The Hall–Kier alpha value is -3.25. The van der Waals surface area contributed by atoms with Crippen molar-refractivity contribution in [3.05, 3.63) is 83.8 Å². The highest BCUT2D eigenvalue weighted by molar-refractivity contribution is 5.91. The standard InChI is InChI=1S/C26H30N2O4/c1-27(2)21-12-10-20(11-13-21)17-28(18-23-9-6-16-30-23)26(29)25-15-14-24(32-25)19-31-22-7-4-3-5-8-22/h3-5,7-8,10-15,23H,6,9,16-19H2,1-2H3. The second-order valence-electron chi connectivity index (χ2n) is 8.25. The fraction of sp³-hybridized carbons (Fsp3) is 0.346. The van der Waals surface area contributed by atoms with Crippen molar-refractivity contribution in [1.82, 2.24) is 4.90 Å². The highest BCUT2D eigenvalue weighted by atomic mass is 16.5. The first-order valence-corrected chi connectivity index (χ1v) is 11.0. The average Bonchev–Trinajstić information content (AvgIpc) is 3.50. The van der Waals surface area contributed by atoms with Crippen LogP contribution in [0.5, 0.6) is 5.75 Å². The second kappa shape index (κ2) is 10.4. The summed E-state index contributed by atoms with van der Waals surface area (Å²) >= 11 is 0. The Morgan fingerprint density at radius 1 is 1.03 bits per heavy atom. The molecule has 3 aromatic rings. The van der Waals surface area contributed by atoms with Crippen molar-refractivity contribution in [2.75, 3.05) is 32.1 Å². The molecule has 6 nitrogen and oxygen atoms in total. The number of rotatable bonds is 9. The van der Waals surface area contributed by atoms with Crippen LogP contribution in [-0.4, -0.2) is 44.2 Å². The molecule has 1 aliphatic heterocycles. The fourth-order valence-electron chi connectivity index (χ4n) is 3.77. The van der Waals surface area contributed by atoms with Gasteiger partial charge in [-0.25, -0.2) is 0 Å². The van der Waals surface area contributed by atoms with E-state index in [9.17, 15) is 4.79 Å². The van der Waals surface area contributed by atoms with Crippen LogP contribution in [0.2, 0.25) is 0 Å². The van der Waals surface area contributed by atoms with E-state index >= 15 is 0 Å². The van der Waals surface area contributed by atoms with E-state index in [-0.39, 0.29) is 18.6 Å². The van der Waals surface area contributed by atoms with Gasteiger partial charge in [-0.05, 0) is 54.8 Å². The van der Waals surface area contributed by atoms with E-state index in [4.69, 9.17) is 13.9 Å². The molecule has 0 spiro atoms. The van der Waals surface area contributed by atoms with Crippen LogP contribution < -0.4 is 9.64 Å². The minimum Gasteiger partial charge on any atom is -0.486 e. The monoisotopic (exact) mass is 434 g/mol. The van der Waals surface area contributed by atoms with Gasteiger partial charge in [-0.2, -0.15) is 0 Å². The largest absolute Gasteiger partial charge is 0.486 e. The lowest BCUT2D eigenvalue weighted by molar-refractivity contribution is 0.0481. The maximum Gasteiger partial charge on any atom is 0.289 e. The van der Waals surface area contributed by atoms with E-state index in [0.29, 0.717) is 24.6 Å². The van der Waals surface area contributed by atoms with Crippen molar-refractivity contribution in [1.29, 1.82) is 0 Å². The Morgan fingerprint density at radius 2 is 1.81 bits per heavy atom. The molecule has 1 aromatic heterocycles. The van der Waals surface area contributed by atoms with Crippen LogP contribution >= 0.6 is 0 Å². The predicted molar refractivity (Wildman–Crippen MR) is 124 cm³/mol. The first kappa shape index (κ1) is 22.0. The summed E-state index contributed by atoms with van der Waals surface area (Å²) < 4.78 is 17.4. The molecule has 1 saturated heterocycles. The number of carbonyl (C=O) groups excluding carboxylic acids is 1. The lowest BCUT2D eigenvalue weighted by atomic mass is 10.1. The summed E-state index contributed by atoms with van der Waals surface area (Å²) in [6.45, 7) is 2.08. The zero-order valence-electron chi connectivity index (χ0n) is 18.7. The molecule has 4 rings (SSSR count). The first-order chi connectivity index (χ1) is 15.6. The van der Waals surface area contributed by atoms with Crippen LogP contribution in [0.1, 0.15) is 34.7 Å². The summed E-state index contributed by atoms with van der Waals surface area (Å²) in [5.74, 6) is 1.56. The van der Waals surface area contributed by atoms with Gasteiger partial charge in [0.1, 0.15) is 18.1 Å². The van der Waals surface area contributed by atoms with E-state index in [2.05, 4.69) is 29.2 Å². The maximum absolute atomic E-state index is 13.3. The number of furan rings is 1. The molecule has 168 valence electrons. The summed E-state index contributed by atoms with van der Waals surface area (Å²) in [4.78, 5) is 17.2. The third-order valence-corrected chi connectivity index (χ3v) is 5.56. The molecule has 1 fully saturated rings. The van der Waals surface area contributed by atoms with Crippen molar-refractivity contribution < 1.29 is 18.7 Å². The smallest absolute Gasteiger partial charge is 0.289 e. The van der Waals surface area contributed by atoms with E-state index < -0.39 is 0 Å². The van der Waals surface area contributed by atoms with Gasteiger partial charge in [-0.1, -0.05) is 30.3 Å². The number of anilines is 1. The molecule has 0 N–H and O–H groups in total. The van der Waals surface area contributed by atoms with Crippen molar-refractivity contribution in [2.24, 2.45) is 0 Å². The van der Waals surface area contributed by atoms with Gasteiger partial charge < -0.3 is 23.7 Å². The number of hydrogen-bond acceptors (Lipinski definition) is 5. The molecule has 6 heteroatoms. The van der Waals surface area contributed by atoms with Crippen molar-refractivity contribution in [3.63, 3.8) is 0 Å². The predicted octanol–water partition coefficient (Wildman–Crippen LogP) is 4.75. The van der Waals surface area contributed by atoms with Crippen molar-refractivity contribution >= 4 is 11.6 Å². The van der Waals surface area contributed by atoms with Gasteiger partial charge >= 0.3 is 0 Å². The van der Waals surface area contributed by atoms with Gasteiger partial charge in [-0.3, -0.25) is 4.79 Å². The molecule has 2 heterocycles. The lowest BCUT2D eigenvalue weighted by Gasteiger charge is -2.25. The van der Waals surface area contributed by atoms with E-state index in [1.165, 1.54) is 0 Å². The second-order valence-corrected chi connectivity index (χ2v) is 8.25. The Labute approximate surface area is 189 Å². The van der Waals surface area contributed by atoms with Gasteiger partial charge in [-0.15, -0.1) is 0 Å². The number of amides is 1. The average molecular weight is 435 g/mol. The van der Waals surface area contributed by atoms with Crippen LogP contribution in [0.15, 0.2) is 71.1 Å². The molecule has 2 aromatic carbocycles. The summed E-state index contributed by atoms with van der Waals surface area (Å²) in [7, 11) is 4.02. The third kappa shape index (κ3) is 5.71. The maximum atomic E-state index is 13.3. The first-order valence-electron chi connectivity index (χ1n) is 11.0. The molecule has 0 saturated carbocycles. The van der Waals surface area contributed by atoms with Gasteiger partial charge in [0.05, 0.1) is 6.10 Å². The zero-order valence-corrected chi connectivity index (χ0v) is 18.7. The molecule has 1 aliphatic rings. The highest BCUT2D eigenvalue weighted by Gasteiger charge is 2.25. The van der Waals surface area contributed by atoms with Crippen LogP contribution in [-0.2, 0) is 17.9 Å². The quantitative estimate of drug-likeness (QED) is 0.487. The SMILES string of the molecule is CN(C)c1ccc(CN(CC2CCCO2)C(=O)c2ccc(COc3ccccc3)o2)cc1. The number of hydrogen-bond donors (Lipinski definition) is 0. The zero-order chi connectivity index (χ0) is 22.3. The molecular formula is C26H30N2O4. The van der Waals surface area contributed by atoms with E-state index in [1.807, 2.05) is 49.3 Å². The van der Waals surface area contributed by atoms with Crippen molar-refractivity contribution in [3.8, 4) is 5.75 Å². The number of carbonyl (C=O) groups is 1. The normalized spacial score (nSPS) is 15.5. The summed E-state index contributed by atoms with van der Waals surface area (Å²) in [6.07, 6.45) is 2.07. The number of nitrogens with zero attached hydrogens (tertiary/aromatic N) is 2. The molecule has 0 bridgehead atoms. The van der Waals surface area contributed by atoms with Crippen LogP contribution in [0.4, 0.5) is 5.69 Å². The number of ether oxygens (including phenoxy) is 2. The third-order valence-electron chi connectivity index (χ3n) is 5.56. The van der Waals surface area contributed by atoms with E-state index in [1.54, 1.807) is 12.1 Å². The number of benzene rings is 2. The lowest BCUT2D eigenvalue weighted by Crippen LogP contribution is -2.36. The van der Waals surface area contributed by atoms with Gasteiger partial charge in [0.25, 0.3) is 5.91 Å². The van der Waals surface area contributed by atoms with Gasteiger partial charge in [0.15, 0.2) is 5.76 Å². The van der Waals surface area contributed by atoms with Crippen LogP contribution in [0.25, 0.3) is 0 Å². The topological polar surface area (TPSA) is 55.2 Å². The minimum absolute atomic E-state index is 0.0656. The Bertz CT molecular complexity index is 992. The van der Waals surface area contributed by atoms with Crippen molar-refractivity contribution in [2.45, 2.75) is 32.1 Å². The Morgan fingerprint density at radius 3 is 2.50 bits per heavy atom. The molecule has 1 unspecified atom stereocenters. The Balaban J connectivity index is 1.45. The minimum atomic E-state index is -0.136. The number of para-hydroxylation sites is 1. The van der Waals surface area contributed by atoms with Crippen LogP contribution in [0.3, 0.4) is 0 Å². The molecule has 1 amide bonds. The van der Waals surface area contributed by atoms with Gasteiger partial charge in [0.2, 0.25) is 0 Å². The molecule has 0 aliphatic carbocycles. The molecule has 1 atom stereocenters. The molecule has 0 radical (unpaired) electrons. The molecular weight excluding hydrogens is 404 g/mol. The highest BCUT2D eigenvalue weighted by Crippen LogP contribution is 2.21. The fourth-order valence-corrected chi connectivity index (χ4v) is 3.77. The summed E-state index contributed by atoms with van der Waals surface area (Å²) in [6, 6.07) is 21.3. The van der Waals surface area contributed by atoms with Gasteiger partial charge in [0, 0.05) is 39.5 Å².